The van der Waals surface area contributed by atoms with Gasteiger partial charge in [0.25, 0.3) is 5.91 Å². The van der Waals surface area contributed by atoms with E-state index in [9.17, 15) is 9.59 Å². The normalized spacial score (nSPS) is 11.9. The van der Waals surface area contributed by atoms with Gasteiger partial charge in [-0.15, -0.1) is 0 Å². The number of carbonyl (C=O) groups is 1. The Morgan fingerprint density at radius 1 is 1.12 bits per heavy atom. The molecule has 0 aliphatic carbocycles. The number of carbonyl (C=O) groups excluding carboxylic acids is 1. The Hall–Kier alpha value is -3.08. The Morgan fingerprint density at radius 2 is 1.88 bits per heavy atom. The van der Waals surface area contributed by atoms with Crippen LogP contribution in [0.5, 0.6) is 5.75 Å². The molecular formula is C19H17NO4. The smallest absolute Gasteiger partial charge is 0.349 e. The first-order valence-corrected chi connectivity index (χ1v) is 7.56. The molecule has 122 valence electrons. The fourth-order valence-corrected chi connectivity index (χ4v) is 2.49. The number of benzene rings is 2. The van der Waals surface area contributed by atoms with E-state index in [1.54, 1.807) is 25.3 Å². The van der Waals surface area contributed by atoms with Crippen molar-refractivity contribution in [3.8, 4) is 5.75 Å². The Labute approximate surface area is 138 Å². The van der Waals surface area contributed by atoms with Crippen LogP contribution >= 0.6 is 0 Å². The Kier molecular flexibility index (Phi) is 4.33. The average molecular weight is 323 g/mol. The van der Waals surface area contributed by atoms with Crippen molar-refractivity contribution in [3.63, 3.8) is 0 Å². The molecule has 0 saturated heterocycles. The summed E-state index contributed by atoms with van der Waals surface area (Å²) in [6.07, 6.45) is 0. The van der Waals surface area contributed by atoms with E-state index in [-0.39, 0.29) is 11.6 Å². The molecule has 0 fully saturated rings. The van der Waals surface area contributed by atoms with Gasteiger partial charge in [-0.1, -0.05) is 30.3 Å². The molecule has 0 saturated carbocycles. The van der Waals surface area contributed by atoms with Crippen LogP contribution in [0, 0.1) is 0 Å². The largest absolute Gasteiger partial charge is 0.497 e. The second-order valence-electron chi connectivity index (χ2n) is 5.46. The van der Waals surface area contributed by atoms with Crippen molar-refractivity contribution >= 4 is 16.9 Å². The maximum atomic E-state index is 12.4. The average Bonchev–Trinajstić information content (AvgIpc) is 2.61. The first kappa shape index (κ1) is 15.8. The standard InChI is InChI=1S/C19H17NO4/c1-12(13-6-4-3-5-7-13)20-18(21)16-11-14-10-15(23-2)8-9-17(14)24-19(16)22/h3-12H,1-2H3,(H,20,21). The summed E-state index contributed by atoms with van der Waals surface area (Å²) in [5.74, 6) is 0.158. The van der Waals surface area contributed by atoms with Crippen molar-refractivity contribution in [2.24, 2.45) is 0 Å². The molecule has 2 aromatic carbocycles. The van der Waals surface area contributed by atoms with Gasteiger partial charge in [-0.2, -0.15) is 0 Å². The van der Waals surface area contributed by atoms with Crippen molar-refractivity contribution < 1.29 is 13.9 Å². The van der Waals surface area contributed by atoms with Gasteiger partial charge in [-0.25, -0.2) is 4.79 Å². The molecule has 5 heteroatoms. The highest BCUT2D eigenvalue weighted by atomic mass is 16.5. The molecule has 0 spiro atoms. The minimum atomic E-state index is -0.662. The molecular weight excluding hydrogens is 306 g/mol. The van der Waals surface area contributed by atoms with Gasteiger partial charge in [-0.05, 0) is 36.8 Å². The summed E-state index contributed by atoms with van der Waals surface area (Å²) in [6, 6.07) is 15.9. The molecule has 1 atom stereocenters. The second kappa shape index (κ2) is 6.58. The van der Waals surface area contributed by atoms with Crippen LogP contribution in [0.3, 0.4) is 0 Å². The zero-order valence-electron chi connectivity index (χ0n) is 13.4. The Bertz CT molecular complexity index is 931. The lowest BCUT2D eigenvalue weighted by atomic mass is 10.1. The lowest BCUT2D eigenvalue weighted by Crippen LogP contribution is -2.30. The fraction of sp³-hybridized carbons (Fsp3) is 0.158. The number of amides is 1. The first-order valence-electron chi connectivity index (χ1n) is 7.56. The van der Waals surface area contributed by atoms with Crippen molar-refractivity contribution in [1.82, 2.24) is 5.32 Å². The number of rotatable bonds is 4. The number of nitrogens with one attached hydrogen (secondary N) is 1. The van der Waals surface area contributed by atoms with E-state index in [1.807, 2.05) is 37.3 Å². The quantitative estimate of drug-likeness (QED) is 0.748. The summed E-state index contributed by atoms with van der Waals surface area (Å²) in [6.45, 7) is 1.86. The molecule has 1 aromatic heterocycles. The maximum absolute atomic E-state index is 12.4. The number of hydrogen-bond donors (Lipinski definition) is 1. The summed E-state index contributed by atoms with van der Waals surface area (Å²) in [4.78, 5) is 24.5. The summed E-state index contributed by atoms with van der Waals surface area (Å²) in [5.41, 5.74) is 0.676. The van der Waals surface area contributed by atoms with Crippen LogP contribution in [-0.4, -0.2) is 13.0 Å². The van der Waals surface area contributed by atoms with E-state index in [2.05, 4.69) is 5.32 Å². The highest BCUT2D eigenvalue weighted by Crippen LogP contribution is 2.20. The fourth-order valence-electron chi connectivity index (χ4n) is 2.49. The topological polar surface area (TPSA) is 68.5 Å². The predicted octanol–water partition coefficient (Wildman–Crippen LogP) is 3.29. The molecule has 1 unspecified atom stereocenters. The number of fused-ring (bicyclic) bond motifs is 1. The van der Waals surface area contributed by atoms with Crippen LogP contribution in [0.1, 0.15) is 28.9 Å². The SMILES string of the molecule is COc1ccc2oc(=O)c(C(=O)NC(C)c3ccccc3)cc2c1. The number of hydrogen-bond acceptors (Lipinski definition) is 4. The molecule has 1 heterocycles. The third-order valence-corrected chi connectivity index (χ3v) is 3.83. The van der Waals surface area contributed by atoms with E-state index in [4.69, 9.17) is 9.15 Å². The lowest BCUT2D eigenvalue weighted by Gasteiger charge is -2.14. The van der Waals surface area contributed by atoms with E-state index < -0.39 is 11.5 Å². The Balaban J connectivity index is 1.91. The van der Waals surface area contributed by atoms with Gasteiger partial charge in [0.2, 0.25) is 0 Å². The first-order chi connectivity index (χ1) is 11.6. The molecule has 0 radical (unpaired) electrons. The zero-order chi connectivity index (χ0) is 17.1. The van der Waals surface area contributed by atoms with Gasteiger partial charge < -0.3 is 14.5 Å². The van der Waals surface area contributed by atoms with Crippen molar-refractivity contribution in [2.75, 3.05) is 7.11 Å². The summed E-state index contributed by atoms with van der Waals surface area (Å²) < 4.78 is 10.4. The van der Waals surface area contributed by atoms with Crippen LogP contribution in [0.4, 0.5) is 0 Å². The molecule has 1 N–H and O–H groups in total. The molecule has 0 aliphatic heterocycles. The molecule has 0 bridgehead atoms. The third kappa shape index (κ3) is 3.15. The molecule has 0 aliphatic rings. The highest BCUT2D eigenvalue weighted by molar-refractivity contribution is 5.97. The van der Waals surface area contributed by atoms with Gasteiger partial charge in [0.15, 0.2) is 0 Å². The van der Waals surface area contributed by atoms with Gasteiger partial charge in [0.05, 0.1) is 13.2 Å². The van der Waals surface area contributed by atoms with Crippen LogP contribution in [0.15, 0.2) is 63.8 Å². The van der Waals surface area contributed by atoms with E-state index in [1.165, 1.54) is 6.07 Å². The van der Waals surface area contributed by atoms with Crippen LogP contribution in [0.25, 0.3) is 11.0 Å². The molecule has 24 heavy (non-hydrogen) atoms. The number of ether oxygens (including phenoxy) is 1. The van der Waals surface area contributed by atoms with Gasteiger partial charge in [-0.3, -0.25) is 4.79 Å². The molecule has 3 rings (SSSR count). The van der Waals surface area contributed by atoms with Crippen molar-refractivity contribution in [2.45, 2.75) is 13.0 Å². The minimum absolute atomic E-state index is 0.0291. The Morgan fingerprint density at radius 3 is 2.58 bits per heavy atom. The van der Waals surface area contributed by atoms with E-state index in [0.29, 0.717) is 16.7 Å². The maximum Gasteiger partial charge on any atom is 0.349 e. The number of methoxy groups -OCH3 is 1. The van der Waals surface area contributed by atoms with Gasteiger partial charge >= 0.3 is 5.63 Å². The van der Waals surface area contributed by atoms with E-state index in [0.717, 1.165) is 5.56 Å². The zero-order valence-corrected chi connectivity index (χ0v) is 13.4. The van der Waals surface area contributed by atoms with Crippen LogP contribution in [0.2, 0.25) is 0 Å². The predicted molar refractivity (Wildman–Crippen MR) is 91.4 cm³/mol. The van der Waals surface area contributed by atoms with Crippen molar-refractivity contribution in [1.29, 1.82) is 0 Å². The molecule has 5 nitrogen and oxygen atoms in total. The lowest BCUT2D eigenvalue weighted by molar-refractivity contribution is 0.0936. The third-order valence-electron chi connectivity index (χ3n) is 3.83. The van der Waals surface area contributed by atoms with Crippen molar-refractivity contribution in [3.05, 3.63) is 76.1 Å². The minimum Gasteiger partial charge on any atom is -0.497 e. The van der Waals surface area contributed by atoms with E-state index >= 15 is 0 Å². The van der Waals surface area contributed by atoms with Gasteiger partial charge in [0, 0.05) is 5.39 Å². The summed E-state index contributed by atoms with van der Waals surface area (Å²) in [7, 11) is 1.55. The second-order valence-corrected chi connectivity index (χ2v) is 5.46. The van der Waals surface area contributed by atoms with Crippen LogP contribution in [-0.2, 0) is 0 Å². The highest BCUT2D eigenvalue weighted by Gasteiger charge is 2.16. The molecule has 1 amide bonds. The summed E-state index contributed by atoms with van der Waals surface area (Å²) >= 11 is 0. The van der Waals surface area contributed by atoms with Gasteiger partial charge in [0.1, 0.15) is 16.9 Å². The monoisotopic (exact) mass is 323 g/mol. The summed E-state index contributed by atoms with van der Waals surface area (Å²) in [5, 5.41) is 3.45. The van der Waals surface area contributed by atoms with Crippen LogP contribution < -0.4 is 15.7 Å². The molecule has 3 aromatic rings.